The smallest absolute Gasteiger partial charge is 0.171 e. The number of fused-ring (bicyclic) bond motifs is 13. The second-order valence-electron chi connectivity index (χ2n) is 10.4. The van der Waals surface area contributed by atoms with E-state index < -0.39 is 0 Å². The highest BCUT2D eigenvalue weighted by molar-refractivity contribution is 7.34. The second-order valence-corrected chi connectivity index (χ2v) is 13.5. The van der Waals surface area contributed by atoms with Crippen LogP contribution in [0, 0.1) is 20.8 Å². The molecular formula is C32H21NOS3. The van der Waals surface area contributed by atoms with Crippen LogP contribution >= 0.6 is 34.0 Å². The van der Waals surface area contributed by atoms with Crippen LogP contribution in [-0.4, -0.2) is 4.57 Å². The Morgan fingerprint density at radius 1 is 0.649 bits per heavy atom. The summed E-state index contributed by atoms with van der Waals surface area (Å²) in [6, 6.07) is 22.5. The predicted molar refractivity (Wildman–Crippen MR) is 162 cm³/mol. The Morgan fingerprint density at radius 3 is 2.19 bits per heavy atom. The van der Waals surface area contributed by atoms with E-state index in [0.717, 1.165) is 17.6 Å². The van der Waals surface area contributed by atoms with E-state index in [-0.39, 0.29) is 0 Å². The zero-order valence-electron chi connectivity index (χ0n) is 20.6. The molecule has 0 spiro atoms. The number of nitrogens with zero attached hydrogens (tertiary/aromatic N) is 1. The minimum Gasteiger partial charge on any atom is -0.452 e. The maximum absolute atomic E-state index is 6.87. The Morgan fingerprint density at radius 2 is 1.35 bits per heavy atom. The maximum atomic E-state index is 6.87. The first-order valence-electron chi connectivity index (χ1n) is 12.6. The van der Waals surface area contributed by atoms with Gasteiger partial charge in [0.1, 0.15) is 5.52 Å². The molecule has 5 heteroatoms. The van der Waals surface area contributed by atoms with Gasteiger partial charge in [-0.3, -0.25) is 0 Å². The lowest BCUT2D eigenvalue weighted by Crippen LogP contribution is -1.93. The molecule has 2 nitrogen and oxygen atoms in total. The third-order valence-corrected chi connectivity index (χ3v) is 11.8. The van der Waals surface area contributed by atoms with Gasteiger partial charge in [0.15, 0.2) is 11.2 Å². The predicted octanol–water partition coefficient (Wildman–Crippen LogP) is 10.5. The first-order chi connectivity index (χ1) is 18.0. The zero-order chi connectivity index (χ0) is 24.6. The van der Waals surface area contributed by atoms with Crippen molar-refractivity contribution in [3.63, 3.8) is 0 Å². The molecule has 0 radical (unpaired) electrons. The first kappa shape index (κ1) is 20.7. The molecule has 0 bridgehead atoms. The number of hydrogen-bond acceptors (Lipinski definition) is 4. The standard InChI is InChI=1S/C32H21NOS3/c1-15-4-8-18(9-5-15)33-23-12-16(2)7-11-20(23)28-25(33)27-32(36-28)31-26(34-27)22-14-21-19-10-6-17(3)13-24(19)35-29(21)30(22)37-31/h4-13H,14H2,1-3H3. The molecule has 9 rings (SSSR count). The molecule has 5 aromatic heterocycles. The van der Waals surface area contributed by atoms with Crippen LogP contribution in [0.5, 0.6) is 0 Å². The lowest BCUT2D eigenvalue weighted by atomic mass is 10.1. The minimum absolute atomic E-state index is 0.970. The molecule has 0 amide bonds. The number of aryl methyl sites for hydroxylation is 3. The number of furan rings is 1. The van der Waals surface area contributed by atoms with E-state index in [1.807, 2.05) is 34.0 Å². The average molecular weight is 532 g/mol. The van der Waals surface area contributed by atoms with Crippen molar-refractivity contribution in [3.05, 3.63) is 88.5 Å². The van der Waals surface area contributed by atoms with Gasteiger partial charge in [0.05, 0.1) is 24.5 Å². The Bertz CT molecular complexity index is 2240. The molecule has 1 aliphatic rings. The summed E-state index contributed by atoms with van der Waals surface area (Å²) in [5, 5.41) is 2.71. The lowest BCUT2D eigenvalue weighted by molar-refractivity contribution is 0.668. The maximum Gasteiger partial charge on any atom is 0.171 e. The van der Waals surface area contributed by atoms with E-state index in [9.17, 15) is 0 Å². The van der Waals surface area contributed by atoms with Crippen LogP contribution in [0.1, 0.15) is 27.8 Å². The van der Waals surface area contributed by atoms with E-state index >= 15 is 0 Å². The average Bonchev–Trinajstić information content (AvgIpc) is 3.67. The molecular weight excluding hydrogens is 511 g/mol. The third kappa shape index (κ3) is 2.59. The quantitative estimate of drug-likeness (QED) is 0.206. The van der Waals surface area contributed by atoms with Crippen molar-refractivity contribution in [2.45, 2.75) is 27.2 Å². The van der Waals surface area contributed by atoms with Crippen LogP contribution in [0.15, 0.2) is 65.1 Å². The summed E-state index contributed by atoms with van der Waals surface area (Å²) in [5.41, 5.74) is 12.5. The van der Waals surface area contributed by atoms with Crippen LogP contribution in [0.2, 0.25) is 0 Å². The van der Waals surface area contributed by atoms with Crippen LogP contribution < -0.4 is 0 Å². The molecule has 0 saturated carbocycles. The van der Waals surface area contributed by atoms with Crippen molar-refractivity contribution in [1.82, 2.24) is 4.57 Å². The van der Waals surface area contributed by atoms with E-state index in [2.05, 4.69) is 86.0 Å². The van der Waals surface area contributed by atoms with Gasteiger partial charge in [0.2, 0.25) is 0 Å². The van der Waals surface area contributed by atoms with Crippen molar-refractivity contribution < 1.29 is 4.42 Å². The van der Waals surface area contributed by atoms with Crippen molar-refractivity contribution in [2.75, 3.05) is 0 Å². The summed E-state index contributed by atoms with van der Waals surface area (Å²) in [7, 11) is 0. The van der Waals surface area contributed by atoms with Crippen LogP contribution in [0.25, 0.3) is 67.2 Å². The monoisotopic (exact) mass is 531 g/mol. The topological polar surface area (TPSA) is 18.1 Å². The van der Waals surface area contributed by atoms with Crippen LogP contribution in [0.4, 0.5) is 0 Å². The number of benzene rings is 3. The molecule has 0 aliphatic heterocycles. The molecule has 178 valence electrons. The SMILES string of the molecule is Cc1ccc(-n2c3cc(C)ccc3c3sc4c(oc5c6c(sc54)-c4sc5cc(C)ccc5c4C6)c32)cc1. The van der Waals surface area contributed by atoms with Gasteiger partial charge in [-0.05, 0) is 67.1 Å². The van der Waals surface area contributed by atoms with E-state index in [1.54, 1.807) is 0 Å². The summed E-state index contributed by atoms with van der Waals surface area (Å²) >= 11 is 5.77. The molecule has 5 heterocycles. The molecule has 37 heavy (non-hydrogen) atoms. The van der Waals surface area contributed by atoms with Gasteiger partial charge in [-0.25, -0.2) is 0 Å². The van der Waals surface area contributed by atoms with Crippen molar-refractivity contribution >= 4 is 85.8 Å². The fraction of sp³-hybridized carbons (Fsp3) is 0.125. The molecule has 8 aromatic rings. The van der Waals surface area contributed by atoms with Gasteiger partial charge >= 0.3 is 0 Å². The van der Waals surface area contributed by atoms with Gasteiger partial charge in [0, 0.05) is 32.6 Å². The molecule has 0 atom stereocenters. The number of hydrogen-bond donors (Lipinski definition) is 0. The highest BCUT2D eigenvalue weighted by atomic mass is 32.1. The van der Waals surface area contributed by atoms with Gasteiger partial charge in [-0.15, -0.1) is 34.0 Å². The molecule has 3 aromatic carbocycles. The number of rotatable bonds is 1. The molecule has 0 saturated heterocycles. The summed E-state index contributed by atoms with van der Waals surface area (Å²) < 4.78 is 14.6. The largest absolute Gasteiger partial charge is 0.452 e. The summed E-state index contributed by atoms with van der Waals surface area (Å²) in [6.45, 7) is 6.50. The third-order valence-electron chi connectivity index (χ3n) is 7.87. The van der Waals surface area contributed by atoms with Gasteiger partial charge < -0.3 is 8.98 Å². The fourth-order valence-electron chi connectivity index (χ4n) is 6.08. The van der Waals surface area contributed by atoms with Gasteiger partial charge in [0.25, 0.3) is 0 Å². The van der Waals surface area contributed by atoms with E-state index in [1.165, 1.54) is 83.9 Å². The van der Waals surface area contributed by atoms with Crippen LogP contribution in [0.3, 0.4) is 0 Å². The van der Waals surface area contributed by atoms with Crippen molar-refractivity contribution in [3.8, 4) is 15.4 Å². The lowest BCUT2D eigenvalue weighted by Gasteiger charge is -2.08. The molecule has 0 fully saturated rings. The highest BCUT2D eigenvalue weighted by Crippen LogP contribution is 2.56. The van der Waals surface area contributed by atoms with E-state index in [0.29, 0.717) is 0 Å². The summed E-state index contributed by atoms with van der Waals surface area (Å²) in [5.74, 6) is 0. The fourth-order valence-corrected chi connectivity index (χ4v) is 10.2. The number of thiophene rings is 3. The van der Waals surface area contributed by atoms with Crippen LogP contribution in [-0.2, 0) is 6.42 Å². The van der Waals surface area contributed by atoms with Gasteiger partial charge in [-0.1, -0.05) is 42.0 Å². The Labute approximate surface area is 225 Å². The van der Waals surface area contributed by atoms with Crippen molar-refractivity contribution in [1.29, 1.82) is 0 Å². The molecule has 0 N–H and O–H groups in total. The Kier molecular flexibility index (Phi) is 3.87. The minimum atomic E-state index is 0.970. The first-order valence-corrected chi connectivity index (χ1v) is 15.0. The summed E-state index contributed by atoms with van der Waals surface area (Å²) in [6.07, 6.45) is 0.970. The number of aromatic nitrogens is 1. The normalized spacial score (nSPS) is 13.2. The Hall–Kier alpha value is -3.38. The Balaban J connectivity index is 1.35. The summed E-state index contributed by atoms with van der Waals surface area (Å²) in [4.78, 5) is 2.87. The molecule has 1 aliphatic carbocycles. The van der Waals surface area contributed by atoms with E-state index in [4.69, 9.17) is 4.42 Å². The highest BCUT2D eigenvalue weighted by Gasteiger charge is 2.32. The van der Waals surface area contributed by atoms with Crippen molar-refractivity contribution in [2.24, 2.45) is 0 Å². The van der Waals surface area contributed by atoms with Gasteiger partial charge in [-0.2, -0.15) is 0 Å². The second kappa shape index (κ2) is 6.93. The molecule has 0 unspecified atom stereocenters. The zero-order valence-corrected chi connectivity index (χ0v) is 23.0.